The molecule has 0 atom stereocenters. The fourth-order valence-corrected chi connectivity index (χ4v) is 1.37. The zero-order valence-corrected chi connectivity index (χ0v) is 8.49. The largest absolute Gasteiger partial charge is 0.375 e. The van der Waals surface area contributed by atoms with Gasteiger partial charge in [0.25, 0.3) is 5.56 Å². The van der Waals surface area contributed by atoms with Gasteiger partial charge >= 0.3 is 0 Å². The number of para-hydroxylation sites is 1. The lowest BCUT2D eigenvalue weighted by molar-refractivity contribution is 0.894. The van der Waals surface area contributed by atoms with Crippen LogP contribution in [0.4, 0.5) is 0 Å². The van der Waals surface area contributed by atoms with Crippen molar-refractivity contribution in [1.82, 2.24) is 9.66 Å². The summed E-state index contributed by atoms with van der Waals surface area (Å²) in [6.45, 7) is 0. The molecular formula is C9H8N4OS. The fraction of sp³-hybridized carbons (Fsp3) is 0. The predicted molar refractivity (Wildman–Crippen MR) is 62.1 cm³/mol. The Balaban J connectivity index is 2.65. The van der Waals surface area contributed by atoms with Crippen LogP contribution in [0.25, 0.3) is 10.9 Å². The zero-order chi connectivity index (χ0) is 10.8. The normalized spacial score (nSPS) is 10.1. The van der Waals surface area contributed by atoms with Crippen molar-refractivity contribution in [2.45, 2.75) is 0 Å². The third-order valence-corrected chi connectivity index (χ3v) is 1.99. The summed E-state index contributed by atoms with van der Waals surface area (Å²) in [6, 6.07) is 7.06. The molecule has 0 bridgehead atoms. The summed E-state index contributed by atoms with van der Waals surface area (Å²) in [5, 5.41) is 0.540. The number of nitrogens with two attached hydrogens (primary N) is 1. The molecule has 0 aliphatic heterocycles. The summed E-state index contributed by atoms with van der Waals surface area (Å²) in [6.07, 6.45) is 1.35. The molecule has 1 aromatic heterocycles. The Morgan fingerprint density at radius 1 is 1.47 bits per heavy atom. The van der Waals surface area contributed by atoms with Crippen LogP contribution in [0, 0.1) is 0 Å². The minimum Gasteiger partial charge on any atom is -0.375 e. The molecule has 0 aliphatic carbocycles. The number of fused-ring (bicyclic) bond motifs is 1. The van der Waals surface area contributed by atoms with E-state index in [4.69, 9.17) is 5.73 Å². The minimum absolute atomic E-state index is 0.0224. The lowest BCUT2D eigenvalue weighted by Crippen LogP contribution is -2.36. The van der Waals surface area contributed by atoms with Crippen LogP contribution < -0.4 is 16.7 Å². The van der Waals surface area contributed by atoms with E-state index in [2.05, 4.69) is 22.6 Å². The number of benzene rings is 1. The number of aromatic nitrogens is 2. The van der Waals surface area contributed by atoms with E-state index in [0.29, 0.717) is 10.9 Å². The van der Waals surface area contributed by atoms with Crippen molar-refractivity contribution in [3.8, 4) is 0 Å². The molecule has 0 saturated carbocycles. The van der Waals surface area contributed by atoms with Gasteiger partial charge in [-0.25, -0.2) is 9.66 Å². The van der Waals surface area contributed by atoms with E-state index in [0.717, 1.165) is 4.68 Å². The number of nitrogens with zero attached hydrogens (tertiary/aromatic N) is 2. The lowest BCUT2D eigenvalue weighted by atomic mass is 10.2. The van der Waals surface area contributed by atoms with E-state index in [1.807, 2.05) is 6.07 Å². The fourth-order valence-electron chi connectivity index (χ4n) is 1.27. The molecule has 6 heteroatoms. The Labute approximate surface area is 90.5 Å². The van der Waals surface area contributed by atoms with Gasteiger partial charge in [0.1, 0.15) is 6.33 Å². The van der Waals surface area contributed by atoms with Gasteiger partial charge in [-0.2, -0.15) is 0 Å². The third kappa shape index (κ3) is 1.79. The average molecular weight is 220 g/mol. The van der Waals surface area contributed by atoms with Gasteiger partial charge in [-0.15, -0.1) is 0 Å². The summed E-state index contributed by atoms with van der Waals surface area (Å²) in [5.41, 5.74) is 8.20. The van der Waals surface area contributed by atoms with Crippen molar-refractivity contribution in [2.24, 2.45) is 5.73 Å². The first-order chi connectivity index (χ1) is 7.18. The van der Waals surface area contributed by atoms with Crippen molar-refractivity contribution >= 4 is 28.2 Å². The summed E-state index contributed by atoms with van der Waals surface area (Å²) < 4.78 is 1.16. The van der Waals surface area contributed by atoms with E-state index in [1.54, 1.807) is 18.2 Å². The van der Waals surface area contributed by atoms with Crippen LogP contribution in [0.1, 0.15) is 0 Å². The van der Waals surface area contributed by atoms with Crippen molar-refractivity contribution in [1.29, 1.82) is 0 Å². The zero-order valence-electron chi connectivity index (χ0n) is 7.68. The molecule has 0 radical (unpaired) electrons. The van der Waals surface area contributed by atoms with Crippen LogP contribution in [-0.2, 0) is 0 Å². The highest BCUT2D eigenvalue weighted by Crippen LogP contribution is 2.03. The van der Waals surface area contributed by atoms with E-state index < -0.39 is 0 Å². The van der Waals surface area contributed by atoms with Gasteiger partial charge in [-0.05, 0) is 24.4 Å². The van der Waals surface area contributed by atoms with Gasteiger partial charge in [0.2, 0.25) is 0 Å². The second-order valence-electron chi connectivity index (χ2n) is 2.91. The lowest BCUT2D eigenvalue weighted by Gasteiger charge is -2.06. The molecule has 0 fully saturated rings. The van der Waals surface area contributed by atoms with Crippen molar-refractivity contribution in [3.05, 3.63) is 40.9 Å². The molecule has 0 amide bonds. The van der Waals surface area contributed by atoms with Gasteiger partial charge < -0.3 is 5.73 Å². The van der Waals surface area contributed by atoms with E-state index in [-0.39, 0.29) is 10.7 Å². The number of nitrogens with one attached hydrogen (secondary N) is 1. The molecular weight excluding hydrogens is 212 g/mol. The Kier molecular flexibility index (Phi) is 2.34. The maximum Gasteiger partial charge on any atom is 0.280 e. The van der Waals surface area contributed by atoms with Crippen LogP contribution in [0.5, 0.6) is 0 Å². The molecule has 0 spiro atoms. The molecule has 3 N–H and O–H groups in total. The first-order valence-corrected chi connectivity index (χ1v) is 4.62. The smallest absolute Gasteiger partial charge is 0.280 e. The second kappa shape index (κ2) is 3.66. The summed E-state index contributed by atoms with van der Waals surface area (Å²) in [4.78, 5) is 15.9. The first kappa shape index (κ1) is 9.60. The topological polar surface area (TPSA) is 72.9 Å². The quantitative estimate of drug-likeness (QED) is 0.671. The first-order valence-electron chi connectivity index (χ1n) is 4.21. The highest BCUT2D eigenvalue weighted by atomic mass is 32.1. The standard InChI is InChI=1S/C9H8N4OS/c10-9(15)12-13-5-11-7-4-2-1-3-6(7)8(13)14/h1-5H,(H3,10,12,15). The van der Waals surface area contributed by atoms with E-state index in [9.17, 15) is 4.79 Å². The van der Waals surface area contributed by atoms with Gasteiger partial charge in [0.05, 0.1) is 10.9 Å². The van der Waals surface area contributed by atoms with Gasteiger partial charge in [-0.1, -0.05) is 12.1 Å². The third-order valence-electron chi connectivity index (χ3n) is 1.90. The summed E-state index contributed by atoms with van der Waals surface area (Å²) in [7, 11) is 0. The van der Waals surface area contributed by atoms with Crippen LogP contribution in [0.2, 0.25) is 0 Å². The molecule has 1 heterocycles. The Morgan fingerprint density at radius 2 is 2.20 bits per heavy atom. The van der Waals surface area contributed by atoms with Gasteiger partial charge in [0, 0.05) is 0 Å². The molecule has 0 unspecified atom stereocenters. The van der Waals surface area contributed by atoms with E-state index in [1.165, 1.54) is 6.33 Å². The maximum absolute atomic E-state index is 11.8. The summed E-state index contributed by atoms with van der Waals surface area (Å²) in [5.74, 6) is 0. The molecule has 1 aromatic carbocycles. The van der Waals surface area contributed by atoms with Crippen LogP contribution in [-0.4, -0.2) is 14.8 Å². The molecule has 15 heavy (non-hydrogen) atoms. The number of thiocarbonyl (C=S) groups is 1. The Hall–Kier alpha value is -1.95. The highest BCUT2D eigenvalue weighted by molar-refractivity contribution is 7.80. The highest BCUT2D eigenvalue weighted by Gasteiger charge is 2.02. The Bertz CT molecular complexity index is 578. The van der Waals surface area contributed by atoms with Gasteiger partial charge in [-0.3, -0.25) is 10.2 Å². The van der Waals surface area contributed by atoms with Crippen LogP contribution >= 0.6 is 12.2 Å². The number of rotatable bonds is 1. The van der Waals surface area contributed by atoms with Crippen LogP contribution in [0.3, 0.4) is 0 Å². The molecule has 2 rings (SSSR count). The number of hydrogen-bond acceptors (Lipinski definition) is 3. The molecule has 2 aromatic rings. The van der Waals surface area contributed by atoms with Crippen LogP contribution in [0.15, 0.2) is 35.4 Å². The van der Waals surface area contributed by atoms with Gasteiger partial charge in [0.15, 0.2) is 5.11 Å². The molecule has 5 nitrogen and oxygen atoms in total. The average Bonchev–Trinajstić information content (AvgIpc) is 2.22. The molecule has 76 valence electrons. The summed E-state index contributed by atoms with van der Waals surface area (Å²) >= 11 is 4.64. The predicted octanol–water partition coefficient (Wildman–Crippen LogP) is 0.184. The molecule has 0 saturated heterocycles. The van der Waals surface area contributed by atoms with Crippen molar-refractivity contribution in [3.63, 3.8) is 0 Å². The monoisotopic (exact) mass is 220 g/mol. The van der Waals surface area contributed by atoms with Crippen molar-refractivity contribution in [2.75, 3.05) is 5.43 Å². The minimum atomic E-state index is -0.228. The second-order valence-corrected chi connectivity index (χ2v) is 3.35. The Morgan fingerprint density at radius 3 is 2.93 bits per heavy atom. The van der Waals surface area contributed by atoms with Crippen molar-refractivity contribution < 1.29 is 0 Å². The van der Waals surface area contributed by atoms with E-state index >= 15 is 0 Å². The number of hydrogen-bond donors (Lipinski definition) is 2. The maximum atomic E-state index is 11.8. The molecule has 0 aliphatic rings. The SMILES string of the molecule is NC(=S)Nn1cnc2ccccc2c1=O.